The van der Waals surface area contributed by atoms with E-state index in [0.29, 0.717) is 15.1 Å². The average molecular weight is 381 g/mol. The maximum absolute atomic E-state index is 2.75. The summed E-state index contributed by atoms with van der Waals surface area (Å²) < 4.78 is 0. The van der Waals surface area contributed by atoms with Crippen LogP contribution in [0.1, 0.15) is 62.3 Å². The summed E-state index contributed by atoms with van der Waals surface area (Å²) in [6, 6.07) is 0. The minimum Gasteiger partial charge on any atom is -0.249 e. The first-order valence-electron chi connectivity index (χ1n) is 9.00. The first-order valence-corrected chi connectivity index (χ1v) is 22.5. The minimum atomic E-state index is -1.30. The Balaban J connectivity index is 0. The first-order chi connectivity index (χ1) is 9.12. The van der Waals surface area contributed by atoms with Crippen molar-refractivity contribution in [3.63, 3.8) is 0 Å². The SMILES string of the molecule is CC(C)(C)[Si](C)(C)[Si-]([Si](C)(C)C(C)(C)C)[Si](C)(C)C(C)(C)C.[Li+]. The van der Waals surface area contributed by atoms with Crippen LogP contribution in [0.3, 0.4) is 0 Å². The van der Waals surface area contributed by atoms with Crippen molar-refractivity contribution in [1.82, 2.24) is 0 Å². The molecule has 23 heavy (non-hydrogen) atoms. The summed E-state index contributed by atoms with van der Waals surface area (Å²) in [5.74, 6) is 0. The Morgan fingerprint density at radius 2 is 0.565 bits per heavy atom. The van der Waals surface area contributed by atoms with E-state index in [1.165, 1.54) is 0 Å². The van der Waals surface area contributed by atoms with Crippen LogP contribution in [0.5, 0.6) is 0 Å². The van der Waals surface area contributed by atoms with E-state index in [1.807, 2.05) is 0 Å². The van der Waals surface area contributed by atoms with Gasteiger partial charge in [-0.1, -0.05) is 139 Å². The Labute approximate surface area is 165 Å². The van der Waals surface area contributed by atoms with Gasteiger partial charge in [0.2, 0.25) is 0 Å². The summed E-state index contributed by atoms with van der Waals surface area (Å²) in [5.41, 5.74) is 0. The van der Waals surface area contributed by atoms with Gasteiger partial charge in [0, 0.05) is 0 Å². The molecule has 0 aromatic heterocycles. The molecule has 0 rings (SSSR count). The zero-order chi connectivity index (χ0) is 18.6. The van der Waals surface area contributed by atoms with Gasteiger partial charge < -0.3 is 0 Å². The molecule has 0 saturated carbocycles. The van der Waals surface area contributed by atoms with E-state index in [1.54, 1.807) is 0 Å². The zero-order valence-corrected chi connectivity index (χ0v) is 23.5. The summed E-state index contributed by atoms with van der Waals surface area (Å²) in [5, 5.41) is 1.56. The molecular weight excluding hydrogens is 335 g/mol. The number of hydrogen-bond acceptors (Lipinski definition) is 0. The summed E-state index contributed by atoms with van der Waals surface area (Å²) in [4.78, 5) is 0. The number of rotatable bonds is 3. The molecule has 0 heterocycles. The Morgan fingerprint density at radius 1 is 0.435 bits per heavy atom. The van der Waals surface area contributed by atoms with E-state index in [2.05, 4.69) is 102 Å². The molecule has 134 valence electrons. The molecule has 0 aromatic rings. The molecule has 5 heteroatoms. The van der Waals surface area contributed by atoms with Gasteiger partial charge in [-0.25, -0.2) is 7.35 Å². The topological polar surface area (TPSA) is 0 Å². The fourth-order valence-electron chi connectivity index (χ4n) is 3.47. The molecular formula is C18H45LiSi4. The second-order valence-electron chi connectivity index (χ2n) is 12.0. The third-order valence-corrected chi connectivity index (χ3v) is 74.2. The molecule has 0 saturated heterocycles. The number of hydrogen-bond donors (Lipinski definition) is 0. The molecule has 0 aliphatic heterocycles. The predicted octanol–water partition coefficient (Wildman–Crippen LogP) is 4.25. The van der Waals surface area contributed by atoms with Crippen molar-refractivity contribution in [1.29, 1.82) is 0 Å². The third-order valence-electron chi connectivity index (χ3n) is 7.50. The van der Waals surface area contributed by atoms with Gasteiger partial charge in [0.15, 0.2) is 0 Å². The van der Waals surface area contributed by atoms with Gasteiger partial charge in [0.1, 0.15) is 0 Å². The second-order valence-corrected chi connectivity index (χ2v) is 47.2. The normalized spacial score (nSPS) is 15.7. The van der Waals surface area contributed by atoms with Crippen LogP contribution >= 0.6 is 0 Å². The van der Waals surface area contributed by atoms with Crippen LogP contribution in [-0.4, -0.2) is 30.1 Å². The van der Waals surface area contributed by atoms with Crippen molar-refractivity contribution < 1.29 is 18.9 Å². The molecule has 0 atom stereocenters. The molecule has 0 aromatic carbocycles. The summed E-state index contributed by atoms with van der Waals surface area (Å²) in [7, 11) is -4.23. The zero-order valence-electron chi connectivity index (χ0n) is 19.5. The first kappa shape index (κ1) is 26.7. The van der Waals surface area contributed by atoms with Gasteiger partial charge in [-0.2, -0.15) is 0 Å². The van der Waals surface area contributed by atoms with Gasteiger partial charge in [-0.15, -0.1) is 0 Å². The van der Waals surface area contributed by atoms with Crippen LogP contribution in [0, 0.1) is 0 Å². The summed E-state index contributed by atoms with van der Waals surface area (Å²) in [6.45, 7) is 39.4. The van der Waals surface area contributed by atoms with E-state index < -0.39 is 22.8 Å². The predicted molar refractivity (Wildman–Crippen MR) is 117 cm³/mol. The Bertz CT molecular complexity index is 331. The quantitative estimate of drug-likeness (QED) is 0.642. The van der Waals surface area contributed by atoms with Crippen molar-refractivity contribution in [2.45, 2.75) is 117 Å². The Kier molecular flexibility index (Phi) is 8.39. The van der Waals surface area contributed by atoms with Crippen molar-refractivity contribution >= 4 is 30.1 Å². The molecule has 0 nitrogen and oxygen atoms in total. The van der Waals surface area contributed by atoms with E-state index >= 15 is 0 Å². The van der Waals surface area contributed by atoms with E-state index in [0.717, 1.165) is 0 Å². The molecule has 0 aliphatic carbocycles. The molecule has 0 radical (unpaired) electrons. The van der Waals surface area contributed by atoms with Gasteiger partial charge in [0.25, 0.3) is 0 Å². The van der Waals surface area contributed by atoms with Crippen LogP contribution in [0.2, 0.25) is 54.4 Å². The van der Waals surface area contributed by atoms with Crippen molar-refractivity contribution in [2.75, 3.05) is 0 Å². The summed E-state index contributed by atoms with van der Waals surface area (Å²) >= 11 is 0. The van der Waals surface area contributed by atoms with Crippen LogP contribution in [0.4, 0.5) is 0 Å². The Morgan fingerprint density at radius 3 is 0.652 bits per heavy atom. The molecule has 0 spiro atoms. The van der Waals surface area contributed by atoms with Gasteiger partial charge in [-0.3, -0.25) is 0 Å². The van der Waals surface area contributed by atoms with Crippen molar-refractivity contribution in [3.8, 4) is 0 Å². The maximum Gasteiger partial charge on any atom is 1.00 e. The van der Waals surface area contributed by atoms with Crippen molar-refractivity contribution in [3.05, 3.63) is 0 Å². The molecule has 0 amide bonds. The summed E-state index contributed by atoms with van der Waals surface area (Å²) in [6.07, 6.45) is 0. The van der Waals surface area contributed by atoms with E-state index in [9.17, 15) is 0 Å². The average Bonchev–Trinajstić information content (AvgIpc) is 2.09. The molecule has 0 N–H and O–H groups in total. The van der Waals surface area contributed by atoms with Crippen LogP contribution in [0.15, 0.2) is 0 Å². The fourth-order valence-corrected chi connectivity index (χ4v) is 93.7. The molecule has 0 bridgehead atoms. The smallest absolute Gasteiger partial charge is 0.249 e. The third kappa shape index (κ3) is 5.01. The maximum atomic E-state index is 2.75. The van der Waals surface area contributed by atoms with Gasteiger partial charge >= 0.3 is 18.9 Å². The second kappa shape index (κ2) is 7.23. The molecule has 0 fully saturated rings. The van der Waals surface area contributed by atoms with Gasteiger partial charge in [0.05, 0.1) is 0 Å². The van der Waals surface area contributed by atoms with Crippen LogP contribution in [0.25, 0.3) is 0 Å². The largest absolute Gasteiger partial charge is 1.00 e. The van der Waals surface area contributed by atoms with Crippen LogP contribution < -0.4 is 18.9 Å². The monoisotopic (exact) mass is 380 g/mol. The minimum absolute atomic E-state index is 0. The Hall–Kier alpha value is 1.46. The fraction of sp³-hybridized carbons (Fsp3) is 1.00. The molecule has 0 unspecified atom stereocenters. The van der Waals surface area contributed by atoms with E-state index in [4.69, 9.17) is 0 Å². The van der Waals surface area contributed by atoms with Gasteiger partial charge in [-0.05, 0) is 0 Å². The van der Waals surface area contributed by atoms with Crippen molar-refractivity contribution in [2.24, 2.45) is 0 Å². The van der Waals surface area contributed by atoms with Crippen LogP contribution in [-0.2, 0) is 0 Å². The standard InChI is InChI=1S/C18H45Si4.Li/c1-16(2,3)20(10,11)19(21(12,13)17(4,5)6)22(14,15)18(7,8)9;/h1-15H3;/q-1;+1. The van der Waals surface area contributed by atoms with E-state index in [-0.39, 0.29) is 26.2 Å². The molecule has 0 aliphatic rings.